The Hall–Kier alpha value is -1.86. The number of hydrogen-bond acceptors (Lipinski definition) is 7. The monoisotopic (exact) mass is 406 g/mol. The second-order valence-electron chi connectivity index (χ2n) is 9.93. The maximum atomic E-state index is 13.7. The quantitative estimate of drug-likeness (QED) is 0.550. The lowest BCUT2D eigenvalue weighted by atomic mass is 9.42. The zero-order valence-electron chi connectivity index (χ0n) is 17.9. The lowest BCUT2D eigenvalue weighted by Gasteiger charge is -2.64. The summed E-state index contributed by atoms with van der Waals surface area (Å²) in [7, 11) is 0. The summed E-state index contributed by atoms with van der Waals surface area (Å²) in [5.74, 6) is -3.89. The van der Waals surface area contributed by atoms with Crippen LogP contribution in [0.2, 0.25) is 0 Å². The molecule has 7 unspecified atom stereocenters. The van der Waals surface area contributed by atoms with Gasteiger partial charge in [-0.3, -0.25) is 19.2 Å². The molecule has 1 aliphatic heterocycles. The number of ketones is 3. The molecule has 3 fully saturated rings. The van der Waals surface area contributed by atoms with Crippen LogP contribution in [0.1, 0.15) is 54.4 Å². The number of fused-ring (bicyclic) bond motifs is 3. The highest BCUT2D eigenvalue weighted by Crippen LogP contribution is 2.63. The van der Waals surface area contributed by atoms with Gasteiger partial charge in [-0.2, -0.15) is 0 Å². The van der Waals surface area contributed by atoms with Crippen molar-refractivity contribution >= 4 is 23.3 Å². The van der Waals surface area contributed by atoms with E-state index in [1.165, 1.54) is 26.8 Å². The van der Waals surface area contributed by atoms with Crippen LogP contribution in [0.25, 0.3) is 0 Å². The summed E-state index contributed by atoms with van der Waals surface area (Å²) in [5.41, 5.74) is -5.07. The first-order valence-corrected chi connectivity index (χ1v) is 9.96. The molecule has 0 aromatic rings. The van der Waals surface area contributed by atoms with E-state index in [1.807, 2.05) is 13.8 Å². The average molecular weight is 406 g/mol. The molecule has 3 rings (SSSR count). The van der Waals surface area contributed by atoms with Crippen molar-refractivity contribution in [2.75, 3.05) is 0 Å². The van der Waals surface area contributed by atoms with E-state index in [2.05, 4.69) is 6.58 Å². The van der Waals surface area contributed by atoms with Gasteiger partial charge in [-0.05, 0) is 25.7 Å². The third kappa shape index (κ3) is 2.70. The van der Waals surface area contributed by atoms with Crippen LogP contribution in [-0.2, 0) is 28.7 Å². The minimum Gasteiger partial charge on any atom is -0.451 e. The maximum absolute atomic E-state index is 13.7. The van der Waals surface area contributed by atoms with Gasteiger partial charge in [0.05, 0.1) is 5.92 Å². The maximum Gasteiger partial charge on any atom is 0.303 e. The first-order chi connectivity index (χ1) is 13.2. The predicted octanol–water partition coefficient (Wildman–Crippen LogP) is 1.79. The zero-order valence-corrected chi connectivity index (χ0v) is 17.9. The normalized spacial score (nSPS) is 46.5. The van der Waals surface area contributed by atoms with Crippen molar-refractivity contribution in [3.8, 4) is 0 Å². The zero-order chi connectivity index (χ0) is 22.2. The Bertz CT molecular complexity index is 814. The number of hydrogen-bond donors (Lipinski definition) is 1. The van der Waals surface area contributed by atoms with Crippen molar-refractivity contribution in [1.82, 2.24) is 0 Å². The second kappa shape index (κ2) is 6.32. The van der Waals surface area contributed by atoms with Crippen LogP contribution in [-0.4, -0.2) is 51.8 Å². The molecule has 0 bridgehead atoms. The van der Waals surface area contributed by atoms with E-state index < -0.39 is 63.6 Å². The highest BCUT2D eigenvalue weighted by atomic mass is 16.6. The van der Waals surface area contributed by atoms with Crippen LogP contribution in [0.3, 0.4) is 0 Å². The average Bonchev–Trinajstić information content (AvgIpc) is 2.60. The molecule has 0 amide bonds. The van der Waals surface area contributed by atoms with Gasteiger partial charge in [0.2, 0.25) is 0 Å². The van der Waals surface area contributed by atoms with Gasteiger partial charge in [0.25, 0.3) is 0 Å². The molecule has 0 aromatic carbocycles. The van der Waals surface area contributed by atoms with Gasteiger partial charge in [-0.25, -0.2) is 0 Å². The van der Waals surface area contributed by atoms with Crippen LogP contribution in [0.15, 0.2) is 12.7 Å². The minimum absolute atomic E-state index is 0.209. The first kappa shape index (κ1) is 21.8. The fraction of sp³-hybridized carbons (Fsp3) is 0.727. The molecule has 3 aliphatic rings. The van der Waals surface area contributed by atoms with E-state index in [0.29, 0.717) is 6.42 Å². The van der Waals surface area contributed by atoms with E-state index in [4.69, 9.17) is 9.47 Å². The van der Waals surface area contributed by atoms with Crippen molar-refractivity contribution in [3.05, 3.63) is 12.7 Å². The Morgan fingerprint density at radius 3 is 2.24 bits per heavy atom. The number of rotatable bonds is 2. The highest BCUT2D eigenvalue weighted by Gasteiger charge is 2.75. The summed E-state index contributed by atoms with van der Waals surface area (Å²) in [6, 6.07) is 0. The van der Waals surface area contributed by atoms with Gasteiger partial charge < -0.3 is 14.6 Å². The summed E-state index contributed by atoms with van der Waals surface area (Å²) < 4.78 is 11.6. The van der Waals surface area contributed by atoms with Gasteiger partial charge in [0, 0.05) is 24.7 Å². The summed E-state index contributed by atoms with van der Waals surface area (Å²) in [5, 5.41) is 10.8. The largest absolute Gasteiger partial charge is 0.451 e. The summed E-state index contributed by atoms with van der Waals surface area (Å²) in [6.07, 6.45) is -0.924. The number of carbonyl (C=O) groups is 4. The molecule has 1 saturated heterocycles. The standard InChI is InChI=1S/C22H30O7/c1-8-20(5)17(27)13(25)16-21(6)12(24)9-10-19(3,4)15(21)14(26)18(28-11(2)23)22(16,7)29-20/h8,15-18,27H,1,9-10H2,2-7H3. The van der Waals surface area contributed by atoms with E-state index in [0.717, 1.165) is 0 Å². The Kier molecular flexibility index (Phi) is 4.76. The topological polar surface area (TPSA) is 107 Å². The van der Waals surface area contributed by atoms with Gasteiger partial charge in [-0.1, -0.05) is 26.8 Å². The second-order valence-corrected chi connectivity index (χ2v) is 9.93. The number of aliphatic hydroxyl groups is 1. The van der Waals surface area contributed by atoms with Crippen molar-refractivity contribution in [2.24, 2.45) is 22.7 Å². The molecule has 0 radical (unpaired) electrons. The molecule has 7 nitrogen and oxygen atoms in total. The summed E-state index contributed by atoms with van der Waals surface area (Å²) in [6.45, 7) is 13.2. The molecule has 160 valence electrons. The van der Waals surface area contributed by atoms with Crippen LogP contribution < -0.4 is 0 Å². The van der Waals surface area contributed by atoms with E-state index in [1.54, 1.807) is 6.92 Å². The number of Topliss-reactive ketones (excluding diaryl/α,β-unsaturated/α-hetero) is 3. The van der Waals surface area contributed by atoms with Gasteiger partial charge >= 0.3 is 5.97 Å². The van der Waals surface area contributed by atoms with Gasteiger partial charge in [-0.15, -0.1) is 6.58 Å². The predicted molar refractivity (Wildman–Crippen MR) is 103 cm³/mol. The Morgan fingerprint density at radius 1 is 1.14 bits per heavy atom. The molecule has 2 saturated carbocycles. The smallest absolute Gasteiger partial charge is 0.303 e. The van der Waals surface area contributed by atoms with Gasteiger partial charge in [0.15, 0.2) is 17.7 Å². The Labute approximate surface area is 170 Å². The van der Waals surface area contributed by atoms with Crippen LogP contribution in [0.4, 0.5) is 0 Å². The highest BCUT2D eigenvalue weighted by molar-refractivity contribution is 6.05. The molecule has 7 atom stereocenters. The van der Waals surface area contributed by atoms with Gasteiger partial charge in [0.1, 0.15) is 23.1 Å². The third-order valence-corrected chi connectivity index (χ3v) is 7.44. The van der Waals surface area contributed by atoms with Crippen molar-refractivity contribution < 1.29 is 33.8 Å². The SMILES string of the molecule is C=CC1(C)OC2(C)C(OC(C)=O)C(=O)C3C(C)(C)CCC(=O)C3(C)C2C(=O)C1O. The molecule has 7 heteroatoms. The number of esters is 1. The molecule has 2 aliphatic carbocycles. The number of aliphatic hydroxyl groups excluding tert-OH is 1. The molecular formula is C22H30O7. The fourth-order valence-corrected chi connectivity index (χ4v) is 6.17. The third-order valence-electron chi connectivity index (χ3n) is 7.44. The van der Waals surface area contributed by atoms with Crippen molar-refractivity contribution in [2.45, 2.75) is 77.8 Å². The van der Waals surface area contributed by atoms with E-state index >= 15 is 0 Å². The number of ether oxygens (including phenoxy) is 2. The fourth-order valence-electron chi connectivity index (χ4n) is 6.17. The van der Waals surface area contributed by atoms with Crippen molar-refractivity contribution in [1.29, 1.82) is 0 Å². The van der Waals surface area contributed by atoms with Crippen LogP contribution in [0.5, 0.6) is 0 Å². The molecule has 1 N–H and O–H groups in total. The van der Waals surface area contributed by atoms with Crippen LogP contribution >= 0.6 is 0 Å². The lowest BCUT2D eigenvalue weighted by Crippen LogP contribution is -2.78. The van der Waals surface area contributed by atoms with E-state index in [-0.39, 0.29) is 12.2 Å². The first-order valence-electron chi connectivity index (χ1n) is 9.96. The van der Waals surface area contributed by atoms with Crippen LogP contribution in [0, 0.1) is 22.7 Å². The minimum atomic E-state index is -1.61. The molecule has 29 heavy (non-hydrogen) atoms. The lowest BCUT2D eigenvalue weighted by molar-refractivity contribution is -0.277. The molecule has 0 aromatic heterocycles. The molecular weight excluding hydrogens is 376 g/mol. The number of carbonyl (C=O) groups excluding carboxylic acids is 4. The molecule has 0 spiro atoms. The Balaban J connectivity index is 2.31. The van der Waals surface area contributed by atoms with E-state index in [9.17, 15) is 24.3 Å². The van der Waals surface area contributed by atoms with Crippen molar-refractivity contribution in [3.63, 3.8) is 0 Å². The summed E-state index contributed by atoms with van der Waals surface area (Å²) >= 11 is 0. The Morgan fingerprint density at radius 2 is 1.72 bits per heavy atom. The molecule has 1 heterocycles. The summed E-state index contributed by atoms with van der Waals surface area (Å²) in [4.78, 5) is 52.3.